The van der Waals surface area contributed by atoms with Crippen LogP contribution in [0.15, 0.2) is 72.8 Å². The molecule has 16 nitrogen and oxygen atoms in total. The number of aromatic hydroxyl groups is 1. The fraction of sp³-hybridized carbons (Fsp3) is 0.306. The van der Waals surface area contributed by atoms with Crippen LogP contribution in [0, 0.1) is 0 Å². The third-order valence-electron chi connectivity index (χ3n) is 8.38. The Kier molecular flexibility index (Phi) is 12.9. The Balaban J connectivity index is 1.48. The summed E-state index contributed by atoms with van der Waals surface area (Å²) in [6.07, 6.45) is -2.96. The minimum absolute atomic E-state index is 0.0647. The van der Waals surface area contributed by atoms with Gasteiger partial charge in [-0.2, -0.15) is 0 Å². The van der Waals surface area contributed by atoms with E-state index in [0.717, 1.165) is 22.3 Å². The molecule has 16 heteroatoms. The second-order valence-corrected chi connectivity index (χ2v) is 12.2. The first-order valence-electron chi connectivity index (χ1n) is 16.3. The van der Waals surface area contributed by atoms with Gasteiger partial charge in [-0.1, -0.05) is 60.7 Å². The Morgan fingerprint density at radius 1 is 0.731 bits per heavy atom. The number of fused-ring (bicyclic) bond motifs is 3. The zero-order chi connectivity index (χ0) is 37.9. The van der Waals surface area contributed by atoms with Gasteiger partial charge >= 0.3 is 18.0 Å². The van der Waals surface area contributed by atoms with Gasteiger partial charge < -0.3 is 47.1 Å². The van der Waals surface area contributed by atoms with Gasteiger partial charge in [0.2, 0.25) is 23.6 Å². The topological polar surface area (TPSA) is 264 Å². The van der Waals surface area contributed by atoms with Gasteiger partial charge in [0.25, 0.3) is 0 Å². The van der Waals surface area contributed by atoms with Crippen molar-refractivity contribution >= 4 is 41.7 Å². The zero-order valence-electron chi connectivity index (χ0n) is 28.0. The number of carbonyl (C=O) groups is 7. The van der Waals surface area contributed by atoms with Gasteiger partial charge in [-0.25, -0.2) is 4.79 Å². The lowest BCUT2D eigenvalue weighted by Crippen LogP contribution is -2.58. The fourth-order valence-corrected chi connectivity index (χ4v) is 5.72. The first-order valence-corrected chi connectivity index (χ1v) is 16.3. The number of carbonyl (C=O) groups excluding carboxylic acids is 5. The molecule has 0 aromatic heterocycles. The van der Waals surface area contributed by atoms with E-state index in [0.29, 0.717) is 5.56 Å². The number of hydrogen-bond donors (Lipinski definition) is 8. The largest absolute Gasteiger partial charge is 0.508 e. The van der Waals surface area contributed by atoms with Gasteiger partial charge in [-0.3, -0.25) is 28.8 Å². The van der Waals surface area contributed by atoms with Crippen molar-refractivity contribution in [2.75, 3.05) is 6.61 Å². The second-order valence-electron chi connectivity index (χ2n) is 12.2. The highest BCUT2D eigenvalue weighted by molar-refractivity contribution is 5.96. The molecule has 0 saturated heterocycles. The molecule has 0 unspecified atom stereocenters. The quantitative estimate of drug-likeness (QED) is 0.0981. The molecule has 3 aromatic rings. The van der Waals surface area contributed by atoms with Crippen LogP contribution in [-0.4, -0.2) is 87.8 Å². The molecule has 4 rings (SSSR count). The maximum absolute atomic E-state index is 13.5. The third-order valence-corrected chi connectivity index (χ3v) is 8.38. The van der Waals surface area contributed by atoms with Crippen molar-refractivity contribution in [3.8, 4) is 16.9 Å². The van der Waals surface area contributed by atoms with E-state index in [9.17, 15) is 48.9 Å². The average molecular weight is 718 g/mol. The van der Waals surface area contributed by atoms with E-state index in [1.807, 2.05) is 48.5 Å². The first-order chi connectivity index (χ1) is 24.7. The predicted molar refractivity (Wildman–Crippen MR) is 184 cm³/mol. The van der Waals surface area contributed by atoms with E-state index in [2.05, 4.69) is 21.3 Å². The molecule has 3 aromatic carbocycles. The zero-order valence-corrected chi connectivity index (χ0v) is 28.0. The summed E-state index contributed by atoms with van der Waals surface area (Å²) in [7, 11) is 0. The van der Waals surface area contributed by atoms with Crippen LogP contribution in [-0.2, 0) is 39.9 Å². The molecule has 0 bridgehead atoms. The molecule has 0 spiro atoms. The molecule has 0 radical (unpaired) electrons. The van der Waals surface area contributed by atoms with Gasteiger partial charge in [0.1, 0.15) is 36.5 Å². The van der Waals surface area contributed by atoms with Gasteiger partial charge in [0.05, 0.1) is 6.42 Å². The molecular formula is C36H39N5O11. The number of nitrogens with one attached hydrogen (secondary N) is 4. The molecule has 0 heterocycles. The number of amides is 5. The number of nitrogens with two attached hydrogens (primary N) is 1. The lowest BCUT2D eigenvalue weighted by molar-refractivity contribution is -0.141. The smallest absolute Gasteiger partial charge is 0.407 e. The van der Waals surface area contributed by atoms with Crippen molar-refractivity contribution in [3.63, 3.8) is 0 Å². The summed E-state index contributed by atoms with van der Waals surface area (Å²) in [5.74, 6) is -7.02. The molecule has 1 aliphatic rings. The van der Waals surface area contributed by atoms with Gasteiger partial charge in [0.15, 0.2) is 0 Å². The Labute approximate surface area is 297 Å². The fourth-order valence-electron chi connectivity index (χ4n) is 5.72. The summed E-state index contributed by atoms with van der Waals surface area (Å²) in [6, 6.07) is 14.8. The SMILES string of the molecule is C[C@H](NC(=O)[C@H](Cc1ccc(O)cc1)NC(=O)[C@H](CCC(N)=O)NC(=O)[C@H](CC(=O)O)NC(=O)OCC1c2ccccc2-c2ccccc21)C(=O)O. The number of carboxylic acids is 2. The lowest BCUT2D eigenvalue weighted by atomic mass is 9.98. The van der Waals surface area contributed by atoms with E-state index in [4.69, 9.17) is 10.5 Å². The minimum atomic E-state index is -1.73. The first kappa shape index (κ1) is 38.4. The van der Waals surface area contributed by atoms with Crippen LogP contribution in [0.25, 0.3) is 11.1 Å². The van der Waals surface area contributed by atoms with E-state index < -0.39 is 78.7 Å². The number of primary amides is 1. The van der Waals surface area contributed by atoms with Crippen LogP contribution >= 0.6 is 0 Å². The summed E-state index contributed by atoms with van der Waals surface area (Å²) in [5.41, 5.74) is 9.56. The minimum Gasteiger partial charge on any atom is -0.508 e. The number of carboxylic acid groups (broad SMARTS) is 2. The van der Waals surface area contributed by atoms with E-state index in [1.54, 1.807) is 0 Å². The normalized spacial score (nSPS) is 13.9. The van der Waals surface area contributed by atoms with E-state index in [-0.39, 0.29) is 31.1 Å². The van der Waals surface area contributed by atoms with Crippen LogP contribution in [0.2, 0.25) is 0 Å². The molecule has 4 atom stereocenters. The van der Waals surface area contributed by atoms with Gasteiger partial charge in [-0.05, 0) is 53.3 Å². The molecule has 274 valence electrons. The van der Waals surface area contributed by atoms with E-state index >= 15 is 0 Å². The molecular weight excluding hydrogens is 678 g/mol. The number of rotatable bonds is 17. The van der Waals surface area contributed by atoms with Gasteiger partial charge in [-0.15, -0.1) is 0 Å². The summed E-state index contributed by atoms with van der Waals surface area (Å²) in [4.78, 5) is 87.7. The van der Waals surface area contributed by atoms with Crippen LogP contribution in [0.1, 0.15) is 48.8 Å². The van der Waals surface area contributed by atoms with Crippen molar-refractivity contribution in [2.45, 2.75) is 62.7 Å². The Bertz CT molecular complexity index is 1790. The molecule has 1 aliphatic carbocycles. The summed E-state index contributed by atoms with van der Waals surface area (Å²) in [5, 5.41) is 37.7. The number of alkyl carbamates (subject to hydrolysis) is 1. The van der Waals surface area contributed by atoms with E-state index in [1.165, 1.54) is 31.2 Å². The lowest BCUT2D eigenvalue weighted by Gasteiger charge is -2.25. The Morgan fingerprint density at radius 2 is 1.27 bits per heavy atom. The highest BCUT2D eigenvalue weighted by Crippen LogP contribution is 2.44. The van der Waals surface area contributed by atoms with Crippen molar-refractivity contribution in [1.82, 2.24) is 21.3 Å². The average Bonchev–Trinajstić information content (AvgIpc) is 3.42. The maximum atomic E-state index is 13.5. The highest BCUT2D eigenvalue weighted by Gasteiger charge is 2.33. The summed E-state index contributed by atoms with van der Waals surface area (Å²) < 4.78 is 5.46. The molecule has 0 saturated carbocycles. The van der Waals surface area contributed by atoms with Crippen LogP contribution in [0.3, 0.4) is 0 Å². The Hall–Kier alpha value is -6.45. The number of phenolic OH excluding ortho intramolecular Hbond substituents is 1. The number of benzene rings is 3. The molecule has 9 N–H and O–H groups in total. The number of phenols is 1. The molecule has 5 amide bonds. The Morgan fingerprint density at radius 3 is 1.83 bits per heavy atom. The van der Waals surface area contributed by atoms with Gasteiger partial charge in [0, 0.05) is 18.8 Å². The molecule has 0 fully saturated rings. The van der Waals surface area contributed by atoms with Crippen LogP contribution in [0.5, 0.6) is 5.75 Å². The molecule has 0 aliphatic heterocycles. The highest BCUT2D eigenvalue weighted by atomic mass is 16.5. The standard InChI is InChI=1S/C36H39N5O11/c1-19(35(49)50)38-33(47)28(16-20-10-12-21(42)13-11-20)40-32(46)27(14-15-30(37)43)39-34(48)29(17-31(44)45)41-36(51)52-18-26-24-8-4-2-6-22(24)23-7-3-5-9-25(23)26/h2-13,19,26-29,42H,14-18H2,1H3,(H2,37,43)(H,38,47)(H,39,48)(H,40,46)(H,41,51)(H,44,45)(H,49,50)/t19-,27-,28-,29-/m0/s1. The predicted octanol–water partition coefficient (Wildman–Crippen LogP) is 1.14. The van der Waals surface area contributed by atoms with Crippen molar-refractivity contribution in [3.05, 3.63) is 89.5 Å². The van der Waals surface area contributed by atoms with Crippen molar-refractivity contribution < 1.29 is 53.6 Å². The summed E-state index contributed by atoms with van der Waals surface area (Å²) in [6.45, 7) is 1.08. The summed E-state index contributed by atoms with van der Waals surface area (Å²) >= 11 is 0. The maximum Gasteiger partial charge on any atom is 0.407 e. The number of hydrogen-bond acceptors (Lipinski definition) is 9. The second kappa shape index (κ2) is 17.5. The third kappa shape index (κ3) is 10.3. The monoisotopic (exact) mass is 717 g/mol. The number of ether oxygens (including phenoxy) is 1. The molecule has 52 heavy (non-hydrogen) atoms. The number of aliphatic carboxylic acids is 2. The van der Waals surface area contributed by atoms with Crippen LogP contribution < -0.4 is 27.0 Å². The van der Waals surface area contributed by atoms with Crippen LogP contribution in [0.4, 0.5) is 4.79 Å². The van der Waals surface area contributed by atoms with Crippen molar-refractivity contribution in [2.24, 2.45) is 5.73 Å². The van der Waals surface area contributed by atoms with Crippen molar-refractivity contribution in [1.29, 1.82) is 0 Å².